The van der Waals surface area contributed by atoms with Gasteiger partial charge in [-0.05, 0) is 37.4 Å². The van der Waals surface area contributed by atoms with Crippen LogP contribution in [0.3, 0.4) is 0 Å². The van der Waals surface area contributed by atoms with E-state index in [1.54, 1.807) is 5.47 Å². The normalized spacial score (nSPS) is 19.6. The summed E-state index contributed by atoms with van der Waals surface area (Å²) in [6.07, 6.45) is 27.5. The van der Waals surface area contributed by atoms with E-state index in [0.29, 0.717) is 6.71 Å². The van der Waals surface area contributed by atoms with Crippen LogP contribution in [-0.4, -0.2) is 6.71 Å². The lowest BCUT2D eigenvalue weighted by molar-refractivity contribution is 0.409. The second kappa shape index (κ2) is 14.4. The molecular weight excluding hydrogens is 323 g/mol. The van der Waals surface area contributed by atoms with Crippen molar-refractivity contribution >= 4 is 6.71 Å². The van der Waals surface area contributed by atoms with Gasteiger partial charge < -0.3 is 0 Å². The molecule has 0 heterocycles. The molecule has 0 N–H and O–H groups in total. The number of rotatable bonds is 10. The first-order chi connectivity index (χ1) is 13.4. The Morgan fingerprint density at radius 2 is 1.48 bits per heavy atom. The van der Waals surface area contributed by atoms with Crippen molar-refractivity contribution in [3.63, 3.8) is 0 Å². The van der Waals surface area contributed by atoms with Gasteiger partial charge in [-0.1, -0.05) is 109 Å². The quantitative estimate of drug-likeness (QED) is 0.206. The monoisotopic (exact) mass is 368 g/mol. The summed E-state index contributed by atoms with van der Waals surface area (Å²) < 4.78 is 0. The number of hydrogen-bond acceptors (Lipinski definition) is 0. The van der Waals surface area contributed by atoms with Crippen molar-refractivity contribution in [3.05, 3.63) is 11.5 Å². The molecule has 0 nitrogen and oxygen atoms in total. The van der Waals surface area contributed by atoms with Crippen molar-refractivity contribution in [2.45, 2.75) is 135 Å². The molecule has 0 aromatic rings. The molecule has 0 radical (unpaired) electrons. The summed E-state index contributed by atoms with van der Waals surface area (Å²) in [4.78, 5) is 0. The molecule has 0 atom stereocenters. The molecule has 0 spiro atoms. The van der Waals surface area contributed by atoms with Gasteiger partial charge in [0.25, 0.3) is 6.71 Å². The summed E-state index contributed by atoms with van der Waals surface area (Å²) in [6, 6.07) is 0. The smallest absolute Gasteiger partial charge is 0.149 e. The van der Waals surface area contributed by atoms with Crippen molar-refractivity contribution in [2.24, 2.45) is 5.92 Å². The van der Waals surface area contributed by atoms with Gasteiger partial charge in [-0.25, -0.2) is 0 Å². The minimum Gasteiger partial charge on any atom is -0.149 e. The minimum absolute atomic E-state index is 0.580. The molecule has 0 bridgehead atoms. The number of allylic oxidation sites excluding steroid dienone is 2. The molecule has 1 heteroatoms. The number of hydrogen-bond donors (Lipinski definition) is 0. The lowest BCUT2D eigenvalue weighted by atomic mass is 9.33. The topological polar surface area (TPSA) is 0 Å². The van der Waals surface area contributed by atoms with Gasteiger partial charge in [0, 0.05) is 6.42 Å². The third kappa shape index (κ3) is 8.50. The van der Waals surface area contributed by atoms with Crippen LogP contribution in [0.15, 0.2) is 11.5 Å². The first-order valence-electron chi connectivity index (χ1n) is 12.5. The fourth-order valence-electron chi connectivity index (χ4n) is 5.22. The third-order valence-corrected chi connectivity index (χ3v) is 6.91. The van der Waals surface area contributed by atoms with Crippen LogP contribution in [-0.2, 0) is 0 Å². The van der Waals surface area contributed by atoms with E-state index in [2.05, 4.69) is 31.7 Å². The van der Waals surface area contributed by atoms with E-state index in [1.807, 2.05) is 0 Å². The molecule has 0 aromatic carbocycles. The van der Waals surface area contributed by atoms with Crippen LogP contribution < -0.4 is 0 Å². The van der Waals surface area contributed by atoms with Crippen molar-refractivity contribution in [1.82, 2.24) is 0 Å². The van der Waals surface area contributed by atoms with Gasteiger partial charge >= 0.3 is 0 Å². The van der Waals surface area contributed by atoms with Crippen molar-refractivity contribution in [2.75, 3.05) is 0 Å². The Labute approximate surface area is 171 Å². The van der Waals surface area contributed by atoms with Crippen LogP contribution in [0.2, 0.25) is 5.82 Å². The summed E-state index contributed by atoms with van der Waals surface area (Å²) in [6.45, 7) is 5.20. The Balaban J connectivity index is 2.11. The van der Waals surface area contributed by atoms with E-state index in [1.165, 1.54) is 109 Å². The molecular formula is C26H45B. The highest BCUT2D eigenvalue weighted by Gasteiger charge is 2.33. The first-order valence-corrected chi connectivity index (χ1v) is 12.5. The maximum atomic E-state index is 3.87. The molecule has 2 aliphatic rings. The predicted molar refractivity (Wildman–Crippen MR) is 123 cm³/mol. The Morgan fingerprint density at radius 3 is 2.15 bits per heavy atom. The van der Waals surface area contributed by atoms with Gasteiger partial charge in [0.15, 0.2) is 0 Å². The van der Waals surface area contributed by atoms with Crippen LogP contribution >= 0.6 is 0 Å². The summed E-state index contributed by atoms with van der Waals surface area (Å²) in [5, 5.41) is 0. The average Bonchev–Trinajstić information content (AvgIpc) is 2.73. The van der Waals surface area contributed by atoms with Gasteiger partial charge in [0.1, 0.15) is 0 Å². The predicted octanol–water partition coefficient (Wildman–Crippen LogP) is 8.56. The molecule has 152 valence electrons. The fourth-order valence-corrected chi connectivity index (χ4v) is 5.22. The lowest BCUT2D eigenvalue weighted by Gasteiger charge is -2.32. The van der Waals surface area contributed by atoms with Crippen LogP contribution in [0.25, 0.3) is 0 Å². The Bertz CT molecular complexity index is 454. The maximum absolute atomic E-state index is 3.87. The van der Waals surface area contributed by atoms with Crippen molar-refractivity contribution in [1.29, 1.82) is 0 Å². The molecule has 2 saturated carbocycles. The Morgan fingerprint density at radius 1 is 0.815 bits per heavy atom. The van der Waals surface area contributed by atoms with Gasteiger partial charge in [-0.2, -0.15) is 0 Å². The molecule has 27 heavy (non-hydrogen) atoms. The first kappa shape index (κ1) is 22.7. The summed E-state index contributed by atoms with van der Waals surface area (Å²) >= 11 is 0. The highest BCUT2D eigenvalue weighted by Crippen LogP contribution is 2.39. The molecule has 2 rings (SSSR count). The molecule has 2 aliphatic carbocycles. The van der Waals surface area contributed by atoms with E-state index in [-0.39, 0.29) is 0 Å². The number of unbranched alkanes of at least 4 members (excludes halogenated alkanes) is 6. The largest absolute Gasteiger partial charge is 0.262 e. The van der Waals surface area contributed by atoms with Crippen molar-refractivity contribution in [3.8, 4) is 11.7 Å². The van der Waals surface area contributed by atoms with Crippen molar-refractivity contribution < 1.29 is 0 Å². The van der Waals surface area contributed by atoms with E-state index in [9.17, 15) is 0 Å². The summed E-state index contributed by atoms with van der Waals surface area (Å²) in [7, 11) is 0. The standard InChI is InChI=1S/C26H45B/c1-3-5-7-8-9-17-23-27(25-20-15-11-16-21-25)26(22-12-6-4-2)24-18-13-10-14-19-24/h22,24-25H,3-16,18-21H2,1-2H3/b26-22-. The lowest BCUT2D eigenvalue weighted by Crippen LogP contribution is -2.30. The Kier molecular flexibility index (Phi) is 12.1. The highest BCUT2D eigenvalue weighted by molar-refractivity contribution is 6.76. The minimum atomic E-state index is 0.580. The maximum Gasteiger partial charge on any atom is 0.262 e. The van der Waals surface area contributed by atoms with Gasteiger partial charge in [-0.15, -0.1) is 11.7 Å². The molecule has 0 aliphatic heterocycles. The zero-order chi connectivity index (χ0) is 19.2. The van der Waals surface area contributed by atoms with Gasteiger partial charge in [0.2, 0.25) is 0 Å². The molecule has 0 unspecified atom stereocenters. The fraction of sp³-hybridized carbons (Fsp3) is 0.846. The second-order valence-electron chi connectivity index (χ2n) is 9.19. The summed E-state index contributed by atoms with van der Waals surface area (Å²) in [5.41, 5.74) is 1.79. The highest BCUT2D eigenvalue weighted by atomic mass is 14.2. The average molecular weight is 368 g/mol. The van der Waals surface area contributed by atoms with Gasteiger partial charge in [0.05, 0.1) is 0 Å². The molecule has 0 saturated heterocycles. The zero-order valence-corrected chi connectivity index (χ0v) is 18.5. The molecule has 2 fully saturated rings. The SMILES string of the molecule is CCCC/C=C(\B(C#CCCCCCC)C1CCCCC1)C1CCCCC1. The van der Waals surface area contributed by atoms with Gasteiger partial charge in [-0.3, -0.25) is 0 Å². The van der Waals surface area contributed by atoms with Crippen LogP contribution in [0, 0.1) is 17.7 Å². The Hall–Kier alpha value is -0.635. The molecule has 0 aromatic heterocycles. The van der Waals surface area contributed by atoms with E-state index in [4.69, 9.17) is 0 Å². The molecule has 0 amide bonds. The zero-order valence-electron chi connectivity index (χ0n) is 18.5. The van der Waals surface area contributed by atoms with E-state index >= 15 is 0 Å². The summed E-state index contributed by atoms with van der Waals surface area (Å²) in [5.74, 6) is 9.22. The van der Waals surface area contributed by atoms with E-state index < -0.39 is 0 Å². The third-order valence-electron chi connectivity index (χ3n) is 6.91. The van der Waals surface area contributed by atoms with Crippen LogP contribution in [0.4, 0.5) is 0 Å². The second-order valence-corrected chi connectivity index (χ2v) is 9.19. The van der Waals surface area contributed by atoms with Crippen LogP contribution in [0.1, 0.15) is 129 Å². The van der Waals surface area contributed by atoms with E-state index in [0.717, 1.165) is 18.2 Å². The van der Waals surface area contributed by atoms with Crippen LogP contribution in [0.5, 0.6) is 0 Å².